The summed E-state index contributed by atoms with van der Waals surface area (Å²) >= 11 is 0. The number of hydrogen-bond acceptors (Lipinski definition) is 5. The fraction of sp³-hybridized carbons (Fsp3) is 0.357. The highest BCUT2D eigenvalue weighted by molar-refractivity contribution is 5.94. The van der Waals surface area contributed by atoms with Crippen LogP contribution in [0.15, 0.2) is 30.5 Å². The molecule has 3 rings (SSSR count). The third kappa shape index (κ3) is 1.98. The van der Waals surface area contributed by atoms with Crippen molar-refractivity contribution in [2.24, 2.45) is 0 Å². The zero-order valence-electron chi connectivity index (χ0n) is 11.2. The molecule has 1 N–H and O–H groups in total. The summed E-state index contributed by atoms with van der Waals surface area (Å²) in [6.07, 6.45) is 1.65. The Labute approximate surface area is 116 Å². The van der Waals surface area contributed by atoms with Crippen molar-refractivity contribution in [2.75, 3.05) is 24.5 Å². The lowest BCUT2D eigenvalue weighted by molar-refractivity contribution is -0.382. The van der Waals surface area contributed by atoms with E-state index in [4.69, 9.17) is 0 Å². The van der Waals surface area contributed by atoms with Gasteiger partial charge in [0, 0.05) is 25.8 Å². The van der Waals surface area contributed by atoms with Crippen LogP contribution >= 0.6 is 0 Å². The largest absolute Gasteiger partial charge is 0.361 e. The highest BCUT2D eigenvalue weighted by atomic mass is 16.6. The van der Waals surface area contributed by atoms with E-state index in [0.29, 0.717) is 22.6 Å². The molecule has 1 fully saturated rings. The summed E-state index contributed by atoms with van der Waals surface area (Å²) in [5.74, 6) is 0. The van der Waals surface area contributed by atoms with E-state index in [9.17, 15) is 10.1 Å². The smallest absolute Gasteiger partial charge is 0.301 e. The summed E-state index contributed by atoms with van der Waals surface area (Å²) in [6, 6.07) is 7.49. The lowest BCUT2D eigenvalue weighted by Gasteiger charge is -2.38. The van der Waals surface area contributed by atoms with E-state index in [-0.39, 0.29) is 10.6 Å². The third-order valence-corrected chi connectivity index (χ3v) is 3.77. The number of likely N-dealkylation sites (N-methyl/N-ethyl adjacent to an activating group) is 1. The molecule has 0 bridgehead atoms. The first kappa shape index (κ1) is 12.8. The fourth-order valence-corrected chi connectivity index (χ4v) is 2.67. The Hall–Kier alpha value is -2.21. The summed E-state index contributed by atoms with van der Waals surface area (Å²) in [5, 5.41) is 15.3. The van der Waals surface area contributed by atoms with Crippen LogP contribution in [0.1, 0.15) is 6.92 Å². The average Bonchev–Trinajstić information content (AvgIpc) is 2.41. The molecule has 1 saturated heterocycles. The summed E-state index contributed by atoms with van der Waals surface area (Å²) in [4.78, 5) is 17.5. The number of aromatic nitrogens is 1. The number of nitro groups is 1. The van der Waals surface area contributed by atoms with Gasteiger partial charge >= 0.3 is 5.69 Å². The first-order valence-electron chi connectivity index (χ1n) is 6.72. The molecule has 2 heterocycles. The van der Waals surface area contributed by atoms with Gasteiger partial charge in [-0.3, -0.25) is 15.1 Å². The number of nitrogens with one attached hydrogen (secondary N) is 1. The number of nitro benzene ring substituents is 1. The Bertz CT molecular complexity index is 655. The van der Waals surface area contributed by atoms with Gasteiger partial charge in [0.15, 0.2) is 0 Å². The number of hydrogen-bond donors (Lipinski definition) is 1. The molecule has 0 spiro atoms. The molecule has 0 saturated carbocycles. The summed E-state index contributed by atoms with van der Waals surface area (Å²) in [5.41, 5.74) is 1.50. The highest BCUT2D eigenvalue weighted by Crippen LogP contribution is 2.36. The monoisotopic (exact) mass is 272 g/mol. The molecule has 2 aromatic rings. The second-order valence-corrected chi connectivity index (χ2v) is 4.86. The third-order valence-electron chi connectivity index (χ3n) is 3.77. The van der Waals surface area contributed by atoms with E-state index < -0.39 is 0 Å². The van der Waals surface area contributed by atoms with Gasteiger partial charge in [-0.2, -0.15) is 0 Å². The topological polar surface area (TPSA) is 71.3 Å². The molecule has 0 unspecified atom stereocenters. The van der Waals surface area contributed by atoms with Crippen LogP contribution in [0.2, 0.25) is 0 Å². The molecule has 6 nitrogen and oxygen atoms in total. The summed E-state index contributed by atoms with van der Waals surface area (Å²) in [7, 11) is 0. The highest BCUT2D eigenvalue weighted by Gasteiger charge is 2.29. The molecule has 0 amide bonds. The molecular formula is C14H16N4O2. The molecule has 6 heteroatoms. The second kappa shape index (κ2) is 5.05. The molecule has 20 heavy (non-hydrogen) atoms. The van der Waals surface area contributed by atoms with Crippen molar-refractivity contribution in [2.45, 2.75) is 13.0 Å². The number of fused-ring (bicyclic) bond motifs is 1. The van der Waals surface area contributed by atoms with Crippen molar-refractivity contribution >= 4 is 22.3 Å². The van der Waals surface area contributed by atoms with Crippen LogP contribution in [0.5, 0.6) is 0 Å². The Morgan fingerprint density at radius 2 is 2.25 bits per heavy atom. The lowest BCUT2D eigenvalue weighted by atomic mass is 10.1. The lowest BCUT2D eigenvalue weighted by Crippen LogP contribution is -2.57. The molecular weight excluding hydrogens is 256 g/mol. The molecule has 1 aromatic heterocycles. The second-order valence-electron chi connectivity index (χ2n) is 4.86. The standard InChI is InChI=1S/C14H16N4O2/c1-2-17(10-8-15-9-10)13-6-5-12-11(4-3-7-16-12)14(13)18(19)20/h3-7,10,15H,2,8-9H2,1H3. The summed E-state index contributed by atoms with van der Waals surface area (Å²) in [6.45, 7) is 4.51. The van der Waals surface area contributed by atoms with Gasteiger partial charge in [0.2, 0.25) is 0 Å². The van der Waals surface area contributed by atoms with Gasteiger partial charge in [-0.15, -0.1) is 0 Å². The zero-order chi connectivity index (χ0) is 14.1. The Morgan fingerprint density at radius 1 is 1.45 bits per heavy atom. The number of benzene rings is 1. The van der Waals surface area contributed by atoms with Crippen LogP contribution in [0.3, 0.4) is 0 Å². The maximum Gasteiger partial charge on any atom is 0.301 e. The van der Waals surface area contributed by atoms with Crippen molar-refractivity contribution in [1.29, 1.82) is 0 Å². The van der Waals surface area contributed by atoms with Gasteiger partial charge in [0.05, 0.1) is 21.9 Å². The van der Waals surface area contributed by atoms with Crippen LogP contribution in [-0.2, 0) is 0 Å². The number of nitrogens with zero attached hydrogens (tertiary/aromatic N) is 3. The van der Waals surface area contributed by atoms with Gasteiger partial charge in [0.25, 0.3) is 0 Å². The van der Waals surface area contributed by atoms with E-state index in [1.54, 1.807) is 18.3 Å². The van der Waals surface area contributed by atoms with Crippen LogP contribution in [0, 0.1) is 10.1 Å². The fourth-order valence-electron chi connectivity index (χ4n) is 2.67. The van der Waals surface area contributed by atoms with E-state index in [2.05, 4.69) is 15.2 Å². The van der Waals surface area contributed by atoms with Gasteiger partial charge < -0.3 is 10.2 Å². The minimum atomic E-state index is -0.298. The normalized spacial score (nSPS) is 15.1. The molecule has 0 radical (unpaired) electrons. The molecule has 1 aliphatic heterocycles. The summed E-state index contributed by atoms with van der Waals surface area (Å²) < 4.78 is 0. The maximum atomic E-state index is 11.5. The van der Waals surface area contributed by atoms with Gasteiger partial charge in [-0.1, -0.05) is 0 Å². The van der Waals surface area contributed by atoms with E-state index in [1.165, 1.54) is 0 Å². The van der Waals surface area contributed by atoms with Crippen molar-refractivity contribution < 1.29 is 4.92 Å². The van der Waals surface area contributed by atoms with Crippen LogP contribution in [0.4, 0.5) is 11.4 Å². The predicted molar refractivity (Wildman–Crippen MR) is 78.1 cm³/mol. The first-order valence-corrected chi connectivity index (χ1v) is 6.72. The SMILES string of the molecule is CCN(c1ccc2ncccc2c1[N+](=O)[O-])C1CNC1. The van der Waals surface area contributed by atoms with E-state index >= 15 is 0 Å². The molecule has 0 atom stereocenters. The van der Waals surface area contributed by atoms with Gasteiger partial charge in [-0.05, 0) is 31.2 Å². The number of pyridine rings is 1. The van der Waals surface area contributed by atoms with Crippen molar-refractivity contribution in [1.82, 2.24) is 10.3 Å². The quantitative estimate of drug-likeness (QED) is 0.680. The van der Waals surface area contributed by atoms with Crippen molar-refractivity contribution in [3.63, 3.8) is 0 Å². The van der Waals surface area contributed by atoms with E-state index in [1.807, 2.05) is 19.1 Å². The van der Waals surface area contributed by atoms with E-state index in [0.717, 1.165) is 19.6 Å². The van der Waals surface area contributed by atoms with Crippen LogP contribution in [0.25, 0.3) is 10.9 Å². The molecule has 104 valence electrons. The van der Waals surface area contributed by atoms with Crippen LogP contribution in [-0.4, -0.2) is 35.6 Å². The predicted octanol–water partition coefficient (Wildman–Crippen LogP) is 1.94. The van der Waals surface area contributed by atoms with Crippen molar-refractivity contribution in [3.8, 4) is 0 Å². The van der Waals surface area contributed by atoms with Crippen molar-refractivity contribution in [3.05, 3.63) is 40.6 Å². The minimum Gasteiger partial charge on any atom is -0.361 e. The Kier molecular flexibility index (Phi) is 3.23. The van der Waals surface area contributed by atoms with Crippen LogP contribution < -0.4 is 10.2 Å². The molecule has 1 aliphatic rings. The average molecular weight is 272 g/mol. The van der Waals surface area contributed by atoms with Gasteiger partial charge in [0.1, 0.15) is 5.69 Å². The van der Waals surface area contributed by atoms with Gasteiger partial charge in [-0.25, -0.2) is 0 Å². The molecule has 1 aromatic carbocycles. The number of rotatable bonds is 4. The Morgan fingerprint density at radius 3 is 2.85 bits per heavy atom. The minimum absolute atomic E-state index is 0.157. The zero-order valence-corrected chi connectivity index (χ0v) is 11.2. The first-order chi connectivity index (χ1) is 9.72. The maximum absolute atomic E-state index is 11.5. The Balaban J connectivity index is 2.18. The molecule has 0 aliphatic carbocycles. The number of anilines is 1.